The van der Waals surface area contributed by atoms with Crippen molar-refractivity contribution in [3.63, 3.8) is 0 Å². The molecule has 2 heteroatoms. The third-order valence-corrected chi connectivity index (χ3v) is 20.4. The van der Waals surface area contributed by atoms with Crippen molar-refractivity contribution in [3.05, 3.63) is 358 Å². The molecule has 0 aliphatic heterocycles. The Morgan fingerprint density at radius 3 is 1.52 bits per heavy atom. The molecule has 17 rings (SSSR count). The summed E-state index contributed by atoms with van der Waals surface area (Å²) in [6.07, 6.45) is 11.5. The first-order valence-electron chi connectivity index (χ1n) is 30.8. The van der Waals surface area contributed by atoms with Gasteiger partial charge < -0.3 is 9.80 Å². The quantitative estimate of drug-likeness (QED) is 0.126. The number of hydrogen-bond donors (Lipinski definition) is 0. The monoisotopic (exact) mass is 1100 g/mol. The minimum absolute atomic E-state index is 0.102. The second-order valence-electron chi connectivity index (χ2n) is 25.1. The van der Waals surface area contributed by atoms with Crippen LogP contribution in [0.2, 0.25) is 0 Å². The molecule has 2 nitrogen and oxygen atoms in total. The van der Waals surface area contributed by atoms with Crippen LogP contribution >= 0.6 is 0 Å². The summed E-state index contributed by atoms with van der Waals surface area (Å²) in [7, 11) is 0. The molecule has 0 spiro atoms. The lowest BCUT2D eigenvalue weighted by atomic mass is 9.63. The highest BCUT2D eigenvalue weighted by Crippen LogP contribution is 2.65. The summed E-state index contributed by atoms with van der Waals surface area (Å²) in [5.74, 6) is 0.325. The predicted octanol–water partition coefficient (Wildman–Crippen LogP) is 21.6. The molecular weight excluding hydrogens is 1040 g/mol. The van der Waals surface area contributed by atoms with Crippen molar-refractivity contribution in [2.45, 2.75) is 55.8 Å². The van der Waals surface area contributed by atoms with Crippen molar-refractivity contribution < 1.29 is 0 Å². The zero-order chi connectivity index (χ0) is 57.3. The molecule has 13 aromatic carbocycles. The van der Waals surface area contributed by atoms with Crippen LogP contribution in [0, 0.1) is 12.8 Å². The van der Waals surface area contributed by atoms with Crippen LogP contribution in [0.1, 0.15) is 87.4 Å². The molecule has 2 unspecified atom stereocenters. The normalized spacial score (nSPS) is 17.1. The average Bonchev–Trinajstić information content (AvgIpc) is 1.32. The van der Waals surface area contributed by atoms with Crippen LogP contribution in [-0.4, -0.2) is 0 Å². The number of para-hydroxylation sites is 2. The molecule has 0 radical (unpaired) electrons. The van der Waals surface area contributed by atoms with E-state index in [1.807, 2.05) is 0 Å². The van der Waals surface area contributed by atoms with Gasteiger partial charge >= 0.3 is 0 Å². The summed E-state index contributed by atoms with van der Waals surface area (Å²) in [5, 5.41) is 7.90. The highest BCUT2D eigenvalue weighted by Gasteiger charge is 2.55. The van der Waals surface area contributed by atoms with Gasteiger partial charge in [0.05, 0.1) is 33.6 Å². The molecule has 4 aliphatic rings. The third kappa shape index (κ3) is 7.02. The molecule has 410 valence electrons. The molecule has 4 aliphatic carbocycles. The van der Waals surface area contributed by atoms with Crippen molar-refractivity contribution in [1.82, 2.24) is 0 Å². The van der Waals surface area contributed by atoms with Crippen LogP contribution in [0.3, 0.4) is 0 Å². The molecule has 0 saturated heterocycles. The topological polar surface area (TPSA) is 6.48 Å². The van der Waals surface area contributed by atoms with Crippen molar-refractivity contribution in [2.24, 2.45) is 5.92 Å². The highest BCUT2D eigenvalue weighted by molar-refractivity contribution is 6.30. The molecule has 0 saturated carbocycles. The van der Waals surface area contributed by atoms with Crippen LogP contribution in [-0.2, 0) is 22.7 Å². The fourth-order valence-electron chi connectivity index (χ4n) is 16.8. The van der Waals surface area contributed by atoms with Crippen LogP contribution in [0.5, 0.6) is 0 Å². The van der Waals surface area contributed by atoms with Crippen molar-refractivity contribution >= 4 is 66.4 Å². The summed E-state index contributed by atoms with van der Waals surface area (Å²) in [6.45, 7) is 7.33. The van der Waals surface area contributed by atoms with E-state index in [0.29, 0.717) is 0 Å². The van der Waals surface area contributed by atoms with Gasteiger partial charge in [-0.1, -0.05) is 257 Å². The Morgan fingerprint density at radius 2 is 0.895 bits per heavy atom. The standard InChI is InChI=1S/C84H64N2/c1-55-52-75(85(61-36-18-8-19-37-61)73-46-26-42-66-64-40-22-24-44-70(64)83(80(66)73,57-28-10-4-11-29-57)58-30-12-5-13-31-58)69-54-72-77-56(50-51-82(72,2)3)53-76(68-49-48-63(55)78(69)79(68)77)86(62-38-20-9-21-39-62)74-47-27-43-67-65-41-23-25-45-71(65)84(81(67)74,59-32-14-6-15-33-59)60-34-16-7-17-35-60/h4-49,52-54,64,70H,50-51H2,1-3H3. The van der Waals surface area contributed by atoms with Gasteiger partial charge in [0, 0.05) is 44.9 Å². The van der Waals surface area contributed by atoms with E-state index in [1.54, 1.807) is 0 Å². The lowest BCUT2D eigenvalue weighted by Gasteiger charge is -2.41. The van der Waals surface area contributed by atoms with Crippen molar-refractivity contribution in [1.29, 1.82) is 0 Å². The smallest absolute Gasteiger partial charge is 0.0734 e. The predicted molar refractivity (Wildman–Crippen MR) is 360 cm³/mol. The maximum atomic E-state index is 2.65. The Bertz CT molecular complexity index is 4770. The lowest BCUT2D eigenvalue weighted by Crippen LogP contribution is -2.36. The first-order chi connectivity index (χ1) is 42.4. The van der Waals surface area contributed by atoms with Crippen LogP contribution in [0.4, 0.5) is 34.1 Å². The van der Waals surface area contributed by atoms with Gasteiger partial charge in [0.25, 0.3) is 0 Å². The molecule has 13 aromatic rings. The van der Waals surface area contributed by atoms with Crippen LogP contribution in [0.15, 0.2) is 297 Å². The number of fused-ring (bicyclic) bond motifs is 6. The Balaban J connectivity index is 0.986. The van der Waals surface area contributed by atoms with Crippen molar-refractivity contribution in [2.75, 3.05) is 9.80 Å². The van der Waals surface area contributed by atoms with E-state index in [1.165, 1.54) is 127 Å². The van der Waals surface area contributed by atoms with E-state index in [-0.39, 0.29) is 17.3 Å². The Hall–Kier alpha value is -10.0. The molecule has 0 amide bonds. The maximum Gasteiger partial charge on any atom is 0.0734 e. The largest absolute Gasteiger partial charge is 0.310 e. The molecule has 86 heavy (non-hydrogen) atoms. The van der Waals surface area contributed by atoms with Gasteiger partial charge in [-0.2, -0.15) is 0 Å². The zero-order valence-electron chi connectivity index (χ0n) is 48.8. The van der Waals surface area contributed by atoms with E-state index < -0.39 is 10.8 Å². The fourth-order valence-corrected chi connectivity index (χ4v) is 16.8. The Kier molecular flexibility index (Phi) is 11.3. The first-order valence-corrected chi connectivity index (χ1v) is 30.8. The molecule has 0 heterocycles. The minimum Gasteiger partial charge on any atom is -0.310 e. The molecule has 0 fully saturated rings. The molecule has 0 N–H and O–H groups in total. The highest BCUT2D eigenvalue weighted by atomic mass is 15.2. The number of allylic oxidation sites excluding steroid dienone is 4. The van der Waals surface area contributed by atoms with E-state index >= 15 is 0 Å². The maximum absolute atomic E-state index is 2.65. The second kappa shape index (κ2) is 19.3. The SMILES string of the molecule is Cc1cc(N(c2ccccc2)c2cccc3c2C(c2ccccc2)(c2ccccc2)C2C=CC=CC32)c2cc3c4c(cc(N(c5ccccc5)c5cccc6c5C(c5ccccc5)(c5ccccc5)c5ccccc5-6)c5ccc1c2c54)CCC3(C)C. The minimum atomic E-state index is -0.624. The summed E-state index contributed by atoms with van der Waals surface area (Å²) in [4.78, 5) is 5.29. The third-order valence-electron chi connectivity index (χ3n) is 20.4. The van der Waals surface area contributed by atoms with Gasteiger partial charge in [-0.25, -0.2) is 0 Å². The number of aryl methyl sites for hydroxylation is 2. The van der Waals surface area contributed by atoms with Gasteiger partial charge in [-0.15, -0.1) is 0 Å². The molecule has 0 aromatic heterocycles. The molecule has 0 bridgehead atoms. The summed E-state index contributed by atoms with van der Waals surface area (Å²) in [5.41, 5.74) is 22.9. The average molecular weight is 1100 g/mol. The number of rotatable bonds is 10. The number of anilines is 6. The van der Waals surface area contributed by atoms with Gasteiger partial charge in [0.1, 0.15) is 0 Å². The summed E-state index contributed by atoms with van der Waals surface area (Å²) in [6, 6.07) is 104. The van der Waals surface area contributed by atoms with Gasteiger partial charge in [0.2, 0.25) is 0 Å². The fraction of sp³-hybridized carbons (Fsp3) is 0.119. The molecular formula is C84H64N2. The summed E-state index contributed by atoms with van der Waals surface area (Å²) >= 11 is 0. The van der Waals surface area contributed by atoms with Gasteiger partial charge in [-0.3, -0.25) is 0 Å². The number of benzene rings is 13. The van der Waals surface area contributed by atoms with Crippen molar-refractivity contribution in [3.8, 4) is 11.1 Å². The lowest BCUT2D eigenvalue weighted by molar-refractivity contribution is 0.457. The van der Waals surface area contributed by atoms with E-state index in [2.05, 4.69) is 328 Å². The second-order valence-corrected chi connectivity index (χ2v) is 25.1. The number of nitrogens with zero attached hydrogens (tertiary/aromatic N) is 2. The molecule has 2 atom stereocenters. The number of hydrogen-bond acceptors (Lipinski definition) is 2. The zero-order valence-corrected chi connectivity index (χ0v) is 48.8. The van der Waals surface area contributed by atoms with E-state index in [9.17, 15) is 0 Å². The van der Waals surface area contributed by atoms with E-state index in [4.69, 9.17) is 0 Å². The Labute approximate surface area is 504 Å². The van der Waals surface area contributed by atoms with Gasteiger partial charge in [-0.05, 0) is 163 Å². The summed E-state index contributed by atoms with van der Waals surface area (Å²) < 4.78 is 0. The Morgan fingerprint density at radius 1 is 0.384 bits per heavy atom. The first kappa shape index (κ1) is 50.5. The van der Waals surface area contributed by atoms with Crippen LogP contribution < -0.4 is 9.80 Å². The van der Waals surface area contributed by atoms with Crippen LogP contribution in [0.25, 0.3) is 43.4 Å². The van der Waals surface area contributed by atoms with E-state index in [0.717, 1.165) is 24.2 Å². The van der Waals surface area contributed by atoms with Gasteiger partial charge in [0.15, 0.2) is 0 Å².